The Balaban J connectivity index is 1.96. The van der Waals surface area contributed by atoms with Gasteiger partial charge in [-0.15, -0.1) is 0 Å². The van der Waals surface area contributed by atoms with Crippen molar-refractivity contribution in [3.8, 4) is 0 Å². The Morgan fingerprint density at radius 3 is 2.76 bits per heavy atom. The minimum Gasteiger partial charge on any atom is -0.338 e. The quantitative estimate of drug-likeness (QED) is 0.915. The Morgan fingerprint density at radius 1 is 1.29 bits per heavy atom. The van der Waals surface area contributed by atoms with E-state index in [2.05, 4.69) is 54.3 Å². The highest BCUT2D eigenvalue weighted by Gasteiger charge is 2.26. The van der Waals surface area contributed by atoms with Crippen molar-refractivity contribution >= 4 is 23.0 Å². The third-order valence-corrected chi connectivity index (χ3v) is 4.42. The van der Waals surface area contributed by atoms with E-state index in [9.17, 15) is 0 Å². The molecule has 0 fully saturated rings. The van der Waals surface area contributed by atoms with Crippen LogP contribution in [0.4, 0.5) is 11.4 Å². The van der Waals surface area contributed by atoms with Gasteiger partial charge in [-0.05, 0) is 56.0 Å². The number of hydrogen-bond acceptors (Lipinski definition) is 2. The summed E-state index contributed by atoms with van der Waals surface area (Å²) in [4.78, 5) is 2.37. The zero-order chi connectivity index (χ0) is 15.0. The van der Waals surface area contributed by atoms with E-state index in [-0.39, 0.29) is 6.04 Å². The number of hydrogen-bond donors (Lipinski definition) is 1. The fourth-order valence-corrected chi connectivity index (χ4v) is 3.41. The maximum atomic E-state index is 6.44. The summed E-state index contributed by atoms with van der Waals surface area (Å²) in [6.07, 6.45) is 1.89. The fraction of sp³-hybridized carbons (Fsp3) is 0.333. The molecule has 0 spiro atoms. The van der Waals surface area contributed by atoms with E-state index < -0.39 is 0 Å². The number of halogens is 1. The minimum atomic E-state index is 0.125. The Hall–Kier alpha value is -1.51. The average Bonchev–Trinajstić information content (AvgIpc) is 2.76. The highest BCUT2D eigenvalue weighted by molar-refractivity contribution is 6.31. The van der Waals surface area contributed by atoms with Crippen molar-refractivity contribution in [1.29, 1.82) is 0 Å². The molecule has 0 radical (unpaired) electrons. The molecular weight excluding hydrogens is 280 g/mol. The lowest BCUT2D eigenvalue weighted by Crippen LogP contribution is -2.24. The van der Waals surface area contributed by atoms with E-state index in [0.717, 1.165) is 29.1 Å². The van der Waals surface area contributed by atoms with Crippen molar-refractivity contribution in [2.75, 3.05) is 4.90 Å². The molecule has 0 aromatic heterocycles. The van der Waals surface area contributed by atoms with E-state index in [1.807, 2.05) is 6.92 Å². The van der Waals surface area contributed by atoms with Crippen molar-refractivity contribution in [1.82, 2.24) is 0 Å². The van der Waals surface area contributed by atoms with Crippen molar-refractivity contribution in [2.45, 2.75) is 38.8 Å². The maximum Gasteiger partial charge on any atom is 0.0459 e. The smallest absolute Gasteiger partial charge is 0.0459 e. The summed E-state index contributed by atoms with van der Waals surface area (Å²) in [5.74, 6) is 0. The number of nitrogens with two attached hydrogens (primary N) is 1. The minimum absolute atomic E-state index is 0.125. The van der Waals surface area contributed by atoms with Gasteiger partial charge in [0.2, 0.25) is 0 Å². The molecule has 2 aromatic carbocycles. The number of rotatable bonds is 3. The zero-order valence-corrected chi connectivity index (χ0v) is 13.3. The summed E-state index contributed by atoms with van der Waals surface area (Å²) in [6.45, 7) is 4.26. The molecule has 0 saturated heterocycles. The largest absolute Gasteiger partial charge is 0.338 e. The first-order chi connectivity index (χ1) is 10.1. The molecule has 2 nitrogen and oxygen atoms in total. The summed E-state index contributed by atoms with van der Waals surface area (Å²) >= 11 is 6.44. The number of para-hydroxylation sites is 1. The van der Waals surface area contributed by atoms with E-state index >= 15 is 0 Å². The van der Waals surface area contributed by atoms with Gasteiger partial charge in [-0.25, -0.2) is 0 Å². The Kier molecular flexibility index (Phi) is 3.92. The van der Waals surface area contributed by atoms with E-state index in [1.54, 1.807) is 0 Å². The molecule has 21 heavy (non-hydrogen) atoms. The maximum absolute atomic E-state index is 6.44. The van der Waals surface area contributed by atoms with E-state index in [1.165, 1.54) is 11.3 Å². The van der Waals surface area contributed by atoms with Crippen LogP contribution in [0.1, 0.15) is 25.0 Å². The average molecular weight is 301 g/mol. The first-order valence-corrected chi connectivity index (χ1v) is 7.85. The predicted molar refractivity (Wildman–Crippen MR) is 90.6 cm³/mol. The molecule has 2 unspecified atom stereocenters. The predicted octanol–water partition coefficient (Wildman–Crippen LogP) is 4.31. The van der Waals surface area contributed by atoms with Gasteiger partial charge < -0.3 is 10.6 Å². The number of anilines is 2. The highest BCUT2D eigenvalue weighted by atomic mass is 35.5. The van der Waals surface area contributed by atoms with Gasteiger partial charge in [0, 0.05) is 28.5 Å². The number of benzene rings is 2. The normalized spacial score (nSPS) is 18.7. The van der Waals surface area contributed by atoms with Crippen molar-refractivity contribution in [3.05, 3.63) is 58.6 Å². The van der Waals surface area contributed by atoms with Crippen LogP contribution in [-0.2, 0) is 12.8 Å². The van der Waals surface area contributed by atoms with Crippen LogP contribution >= 0.6 is 11.6 Å². The van der Waals surface area contributed by atoms with Gasteiger partial charge in [0.25, 0.3) is 0 Å². The summed E-state index contributed by atoms with van der Waals surface area (Å²) in [6, 6.07) is 15.5. The molecule has 1 aliphatic rings. The molecular formula is C18H21ClN2. The van der Waals surface area contributed by atoms with Gasteiger partial charge in [0.05, 0.1) is 0 Å². The first-order valence-electron chi connectivity index (χ1n) is 7.47. The molecule has 2 atom stereocenters. The molecule has 110 valence electrons. The van der Waals surface area contributed by atoms with Crippen LogP contribution in [0.25, 0.3) is 0 Å². The fourth-order valence-electron chi connectivity index (χ4n) is 3.16. The van der Waals surface area contributed by atoms with E-state index in [4.69, 9.17) is 17.3 Å². The number of nitrogens with zero attached hydrogens (tertiary/aromatic N) is 1. The second-order valence-electron chi connectivity index (χ2n) is 6.01. The van der Waals surface area contributed by atoms with Crippen LogP contribution in [0.3, 0.4) is 0 Å². The second kappa shape index (κ2) is 5.70. The van der Waals surface area contributed by atoms with Crippen LogP contribution in [0.5, 0.6) is 0 Å². The van der Waals surface area contributed by atoms with Crippen molar-refractivity contribution in [2.24, 2.45) is 5.73 Å². The lowest BCUT2D eigenvalue weighted by Gasteiger charge is -2.25. The third-order valence-electron chi connectivity index (χ3n) is 4.06. The molecule has 1 aliphatic heterocycles. The molecule has 3 rings (SSSR count). The van der Waals surface area contributed by atoms with Gasteiger partial charge in [-0.3, -0.25) is 0 Å². The van der Waals surface area contributed by atoms with E-state index in [0.29, 0.717) is 6.04 Å². The Morgan fingerprint density at radius 2 is 2.05 bits per heavy atom. The molecule has 0 amide bonds. The van der Waals surface area contributed by atoms with Crippen LogP contribution in [-0.4, -0.2) is 12.1 Å². The van der Waals surface area contributed by atoms with Crippen LogP contribution in [0, 0.1) is 0 Å². The number of fused-ring (bicyclic) bond motifs is 1. The summed E-state index contributed by atoms with van der Waals surface area (Å²) < 4.78 is 0. The van der Waals surface area contributed by atoms with Crippen molar-refractivity contribution < 1.29 is 0 Å². The molecule has 1 heterocycles. The Bertz CT molecular complexity index is 651. The van der Waals surface area contributed by atoms with Gasteiger partial charge >= 0.3 is 0 Å². The van der Waals surface area contributed by atoms with Gasteiger partial charge in [-0.1, -0.05) is 35.9 Å². The monoisotopic (exact) mass is 300 g/mol. The summed E-state index contributed by atoms with van der Waals surface area (Å²) in [7, 11) is 0. The zero-order valence-electron chi connectivity index (χ0n) is 12.5. The lowest BCUT2D eigenvalue weighted by atomic mass is 10.1. The van der Waals surface area contributed by atoms with Crippen LogP contribution in [0.15, 0.2) is 42.5 Å². The van der Waals surface area contributed by atoms with Gasteiger partial charge in [0.1, 0.15) is 0 Å². The SMILES string of the molecule is CC(N)Cc1ccc(N2c3ccccc3CC2C)cc1Cl. The standard InChI is InChI=1S/C18H21ClN2/c1-12(20)9-14-7-8-16(11-17(14)19)21-13(2)10-15-5-3-4-6-18(15)21/h3-8,11-13H,9-10,20H2,1-2H3. The van der Waals surface area contributed by atoms with Gasteiger partial charge in [0.15, 0.2) is 0 Å². The molecule has 0 saturated carbocycles. The highest BCUT2D eigenvalue weighted by Crippen LogP contribution is 2.39. The second-order valence-corrected chi connectivity index (χ2v) is 6.42. The topological polar surface area (TPSA) is 29.3 Å². The lowest BCUT2D eigenvalue weighted by molar-refractivity contribution is 0.736. The first kappa shape index (κ1) is 14.4. The van der Waals surface area contributed by atoms with Crippen LogP contribution in [0.2, 0.25) is 5.02 Å². The van der Waals surface area contributed by atoms with Crippen LogP contribution < -0.4 is 10.6 Å². The molecule has 2 aromatic rings. The third kappa shape index (κ3) is 2.78. The van der Waals surface area contributed by atoms with Crippen molar-refractivity contribution in [3.63, 3.8) is 0 Å². The molecule has 3 heteroatoms. The van der Waals surface area contributed by atoms with Gasteiger partial charge in [-0.2, -0.15) is 0 Å². The summed E-state index contributed by atoms with van der Waals surface area (Å²) in [5, 5.41) is 0.807. The Labute approximate surface area is 131 Å². The molecule has 0 bridgehead atoms. The molecule has 0 aliphatic carbocycles. The molecule has 2 N–H and O–H groups in total. The summed E-state index contributed by atoms with van der Waals surface area (Å²) in [5.41, 5.74) is 10.8.